The van der Waals surface area contributed by atoms with Crippen LogP contribution in [0.3, 0.4) is 0 Å². The van der Waals surface area contributed by atoms with Gasteiger partial charge in [0.25, 0.3) is 0 Å². The SMILES string of the molecule is COc1cc(C)c(Br)c(CC(C)=O)c1OC. The number of methoxy groups -OCH3 is 2. The van der Waals surface area contributed by atoms with Crippen molar-refractivity contribution in [2.75, 3.05) is 14.2 Å². The molecule has 1 aromatic carbocycles. The first-order chi connectivity index (χ1) is 7.51. The Morgan fingerprint density at radius 3 is 2.44 bits per heavy atom. The fraction of sp³-hybridized carbons (Fsp3) is 0.417. The molecule has 0 atom stereocenters. The lowest BCUT2D eigenvalue weighted by Crippen LogP contribution is -2.03. The van der Waals surface area contributed by atoms with Gasteiger partial charge in [-0.15, -0.1) is 0 Å². The van der Waals surface area contributed by atoms with Crippen LogP contribution in [0, 0.1) is 6.92 Å². The van der Waals surface area contributed by atoms with E-state index in [-0.39, 0.29) is 5.78 Å². The molecule has 1 aromatic rings. The van der Waals surface area contributed by atoms with Crippen LogP contribution in [0.15, 0.2) is 10.5 Å². The van der Waals surface area contributed by atoms with Crippen molar-refractivity contribution in [1.82, 2.24) is 0 Å². The number of ketones is 1. The maximum Gasteiger partial charge on any atom is 0.165 e. The van der Waals surface area contributed by atoms with E-state index in [1.807, 2.05) is 13.0 Å². The molecule has 0 aliphatic carbocycles. The van der Waals surface area contributed by atoms with Gasteiger partial charge in [0.1, 0.15) is 5.78 Å². The van der Waals surface area contributed by atoms with Gasteiger partial charge in [-0.3, -0.25) is 4.79 Å². The highest BCUT2D eigenvalue weighted by atomic mass is 79.9. The van der Waals surface area contributed by atoms with Crippen LogP contribution in [0.4, 0.5) is 0 Å². The van der Waals surface area contributed by atoms with Crippen molar-refractivity contribution in [3.8, 4) is 11.5 Å². The standard InChI is InChI=1S/C12H15BrO3/c1-7-5-10(15-3)12(16-4)9(11(7)13)6-8(2)14/h5H,6H2,1-4H3. The average Bonchev–Trinajstić information content (AvgIpc) is 2.23. The highest BCUT2D eigenvalue weighted by molar-refractivity contribution is 9.10. The van der Waals surface area contributed by atoms with E-state index in [4.69, 9.17) is 9.47 Å². The van der Waals surface area contributed by atoms with Crippen LogP contribution in [0.25, 0.3) is 0 Å². The molecule has 0 saturated heterocycles. The van der Waals surface area contributed by atoms with Crippen molar-refractivity contribution in [2.24, 2.45) is 0 Å². The zero-order chi connectivity index (χ0) is 12.3. The van der Waals surface area contributed by atoms with Gasteiger partial charge in [-0.1, -0.05) is 15.9 Å². The number of benzene rings is 1. The van der Waals surface area contributed by atoms with Crippen molar-refractivity contribution in [3.05, 3.63) is 21.7 Å². The third-order valence-electron chi connectivity index (χ3n) is 2.31. The molecule has 0 saturated carbocycles. The Morgan fingerprint density at radius 2 is 2.00 bits per heavy atom. The van der Waals surface area contributed by atoms with Gasteiger partial charge in [-0.2, -0.15) is 0 Å². The van der Waals surface area contributed by atoms with Crippen LogP contribution in [0.5, 0.6) is 11.5 Å². The number of hydrogen-bond donors (Lipinski definition) is 0. The lowest BCUT2D eigenvalue weighted by Gasteiger charge is -2.15. The van der Waals surface area contributed by atoms with Gasteiger partial charge >= 0.3 is 0 Å². The van der Waals surface area contributed by atoms with E-state index in [9.17, 15) is 4.79 Å². The molecule has 0 bridgehead atoms. The minimum atomic E-state index is 0.0895. The largest absolute Gasteiger partial charge is 0.493 e. The topological polar surface area (TPSA) is 35.5 Å². The van der Waals surface area contributed by atoms with E-state index in [0.29, 0.717) is 17.9 Å². The molecular formula is C12H15BrO3. The monoisotopic (exact) mass is 286 g/mol. The number of aryl methyl sites for hydroxylation is 1. The number of hydrogen-bond acceptors (Lipinski definition) is 3. The van der Waals surface area contributed by atoms with Crippen molar-refractivity contribution >= 4 is 21.7 Å². The van der Waals surface area contributed by atoms with Gasteiger partial charge in [0.15, 0.2) is 11.5 Å². The first-order valence-corrected chi connectivity index (χ1v) is 5.70. The van der Waals surface area contributed by atoms with Crippen molar-refractivity contribution < 1.29 is 14.3 Å². The predicted molar refractivity (Wildman–Crippen MR) is 66.4 cm³/mol. The number of carbonyl (C=O) groups is 1. The van der Waals surface area contributed by atoms with Crippen LogP contribution in [0.1, 0.15) is 18.1 Å². The van der Waals surface area contributed by atoms with Crippen LogP contribution >= 0.6 is 15.9 Å². The smallest absolute Gasteiger partial charge is 0.165 e. The third-order valence-corrected chi connectivity index (χ3v) is 3.41. The Hall–Kier alpha value is -1.03. The molecule has 16 heavy (non-hydrogen) atoms. The predicted octanol–water partition coefficient (Wildman–Crippen LogP) is 2.91. The Morgan fingerprint density at radius 1 is 1.38 bits per heavy atom. The first-order valence-electron chi connectivity index (χ1n) is 4.90. The van der Waals surface area contributed by atoms with E-state index < -0.39 is 0 Å². The Balaban J connectivity index is 3.40. The first kappa shape index (κ1) is 13.0. The Labute approximate surface area is 104 Å². The number of ether oxygens (including phenoxy) is 2. The van der Waals surface area contributed by atoms with Gasteiger partial charge in [-0.25, -0.2) is 0 Å². The van der Waals surface area contributed by atoms with Crippen LogP contribution in [0.2, 0.25) is 0 Å². The molecule has 0 radical (unpaired) electrons. The summed E-state index contributed by atoms with van der Waals surface area (Å²) in [6.07, 6.45) is 0.335. The molecule has 0 heterocycles. The van der Waals surface area contributed by atoms with E-state index >= 15 is 0 Å². The quantitative estimate of drug-likeness (QED) is 0.854. The normalized spacial score (nSPS) is 10.1. The second-order valence-electron chi connectivity index (χ2n) is 3.60. The summed E-state index contributed by atoms with van der Waals surface area (Å²) >= 11 is 3.48. The second-order valence-corrected chi connectivity index (χ2v) is 4.39. The summed E-state index contributed by atoms with van der Waals surface area (Å²) in [5.41, 5.74) is 1.86. The fourth-order valence-electron chi connectivity index (χ4n) is 1.59. The molecule has 4 heteroatoms. The number of rotatable bonds is 4. The third kappa shape index (κ3) is 2.55. The van der Waals surface area contributed by atoms with E-state index in [2.05, 4.69) is 15.9 Å². The molecule has 0 N–H and O–H groups in total. The minimum absolute atomic E-state index is 0.0895. The van der Waals surface area contributed by atoms with Crippen molar-refractivity contribution in [3.63, 3.8) is 0 Å². The second kappa shape index (κ2) is 5.34. The summed E-state index contributed by atoms with van der Waals surface area (Å²) in [6.45, 7) is 3.51. The maximum absolute atomic E-state index is 11.2. The maximum atomic E-state index is 11.2. The number of halogens is 1. The van der Waals surface area contributed by atoms with E-state index in [1.165, 1.54) is 0 Å². The average molecular weight is 287 g/mol. The zero-order valence-electron chi connectivity index (χ0n) is 9.89. The number of carbonyl (C=O) groups excluding carboxylic acids is 1. The molecule has 0 aliphatic rings. The molecule has 1 rings (SSSR count). The van der Waals surface area contributed by atoms with Gasteiger partial charge < -0.3 is 9.47 Å². The van der Waals surface area contributed by atoms with Crippen LogP contribution < -0.4 is 9.47 Å². The van der Waals surface area contributed by atoms with Gasteiger partial charge in [0.2, 0.25) is 0 Å². The van der Waals surface area contributed by atoms with Gasteiger partial charge in [0, 0.05) is 16.5 Å². The van der Waals surface area contributed by atoms with E-state index in [0.717, 1.165) is 15.6 Å². The summed E-state index contributed by atoms with van der Waals surface area (Å²) in [5, 5.41) is 0. The van der Waals surface area contributed by atoms with Crippen LogP contribution in [-0.2, 0) is 11.2 Å². The summed E-state index contributed by atoms with van der Waals surface area (Å²) in [6, 6.07) is 1.88. The van der Waals surface area contributed by atoms with Gasteiger partial charge in [-0.05, 0) is 25.5 Å². The van der Waals surface area contributed by atoms with Crippen LogP contribution in [-0.4, -0.2) is 20.0 Å². The molecule has 0 spiro atoms. The summed E-state index contributed by atoms with van der Waals surface area (Å²) in [5.74, 6) is 1.36. The molecule has 0 amide bonds. The lowest BCUT2D eigenvalue weighted by molar-refractivity contribution is -0.116. The molecule has 0 aromatic heterocycles. The molecule has 3 nitrogen and oxygen atoms in total. The fourth-order valence-corrected chi connectivity index (χ4v) is 2.03. The summed E-state index contributed by atoms with van der Waals surface area (Å²) in [7, 11) is 3.16. The van der Waals surface area contributed by atoms with Crippen molar-refractivity contribution in [1.29, 1.82) is 0 Å². The molecular weight excluding hydrogens is 272 g/mol. The highest BCUT2D eigenvalue weighted by Gasteiger charge is 2.17. The molecule has 0 fully saturated rings. The highest BCUT2D eigenvalue weighted by Crippen LogP contribution is 2.38. The molecule has 0 aliphatic heterocycles. The lowest BCUT2D eigenvalue weighted by atomic mass is 10.0. The van der Waals surface area contributed by atoms with E-state index in [1.54, 1.807) is 21.1 Å². The minimum Gasteiger partial charge on any atom is -0.493 e. The Kier molecular flexibility index (Phi) is 4.35. The number of Topliss-reactive ketones (excluding diaryl/α,β-unsaturated/α-hetero) is 1. The van der Waals surface area contributed by atoms with Gasteiger partial charge in [0.05, 0.1) is 14.2 Å². The summed E-state index contributed by atoms with van der Waals surface area (Å²) < 4.78 is 11.4. The summed E-state index contributed by atoms with van der Waals surface area (Å²) in [4.78, 5) is 11.2. The Bertz CT molecular complexity index is 413. The van der Waals surface area contributed by atoms with Crippen molar-refractivity contribution in [2.45, 2.75) is 20.3 Å². The zero-order valence-corrected chi connectivity index (χ0v) is 11.5. The molecule has 88 valence electrons. The molecule has 0 unspecified atom stereocenters.